The number of fused-ring (bicyclic) bond motifs is 1. The maximum atomic E-state index is 13.3. The zero-order valence-electron chi connectivity index (χ0n) is 9.59. The van der Waals surface area contributed by atoms with Crippen molar-refractivity contribution in [1.82, 2.24) is 15.0 Å². The van der Waals surface area contributed by atoms with Crippen LogP contribution in [0.25, 0.3) is 22.6 Å². The highest BCUT2D eigenvalue weighted by molar-refractivity contribution is 6.01. The lowest BCUT2D eigenvalue weighted by Gasteiger charge is -1.95. The normalized spacial score (nSPS) is 10.8. The van der Waals surface area contributed by atoms with Crippen LogP contribution in [0.3, 0.4) is 0 Å². The number of carboxylic acids is 1. The first-order valence-corrected chi connectivity index (χ1v) is 5.49. The lowest BCUT2D eigenvalue weighted by molar-refractivity contribution is 0.0698. The van der Waals surface area contributed by atoms with Gasteiger partial charge in [-0.15, -0.1) is 0 Å². The van der Waals surface area contributed by atoms with Crippen molar-refractivity contribution in [2.45, 2.75) is 0 Å². The Morgan fingerprint density at radius 3 is 2.84 bits per heavy atom. The average Bonchev–Trinajstić information content (AvgIpc) is 2.82. The molecular formula is C13H8FN3O2. The number of pyridine rings is 1. The number of benzene rings is 1. The summed E-state index contributed by atoms with van der Waals surface area (Å²) in [5.74, 6) is -1.44. The zero-order chi connectivity index (χ0) is 13.4. The van der Waals surface area contributed by atoms with E-state index in [1.165, 1.54) is 6.07 Å². The molecule has 1 aromatic carbocycles. The predicted octanol–water partition coefficient (Wildman–Crippen LogP) is 2.46. The Labute approximate surface area is 106 Å². The molecule has 3 rings (SSSR count). The molecule has 5 nitrogen and oxygen atoms in total. The second-order valence-corrected chi connectivity index (χ2v) is 3.96. The number of aromatic amines is 1. The molecule has 2 N–H and O–H groups in total. The Kier molecular flexibility index (Phi) is 2.49. The summed E-state index contributed by atoms with van der Waals surface area (Å²) in [5.41, 5.74) is 0.941. The Bertz CT molecular complexity index is 768. The van der Waals surface area contributed by atoms with Crippen LogP contribution in [0.4, 0.5) is 4.39 Å². The second-order valence-electron chi connectivity index (χ2n) is 3.96. The van der Waals surface area contributed by atoms with Crippen molar-refractivity contribution in [3.63, 3.8) is 0 Å². The molecule has 3 aromatic rings. The van der Waals surface area contributed by atoms with Crippen molar-refractivity contribution >= 4 is 17.0 Å². The fourth-order valence-corrected chi connectivity index (χ4v) is 1.87. The maximum Gasteiger partial charge on any atom is 0.338 e. The van der Waals surface area contributed by atoms with Gasteiger partial charge in [0.25, 0.3) is 0 Å². The van der Waals surface area contributed by atoms with Crippen LogP contribution in [0.15, 0.2) is 36.5 Å². The maximum absolute atomic E-state index is 13.3. The molecule has 0 fully saturated rings. The van der Waals surface area contributed by atoms with Gasteiger partial charge in [-0.25, -0.2) is 14.2 Å². The number of hydrogen-bond donors (Lipinski definition) is 2. The van der Waals surface area contributed by atoms with Gasteiger partial charge in [0.05, 0.1) is 11.1 Å². The molecule has 0 unspecified atom stereocenters. The number of aromatic nitrogens is 3. The van der Waals surface area contributed by atoms with Gasteiger partial charge in [-0.1, -0.05) is 6.07 Å². The minimum Gasteiger partial charge on any atom is -0.478 e. The molecule has 2 heterocycles. The molecule has 0 atom stereocenters. The van der Waals surface area contributed by atoms with Crippen molar-refractivity contribution < 1.29 is 14.3 Å². The van der Waals surface area contributed by atoms with Crippen LogP contribution >= 0.6 is 0 Å². The van der Waals surface area contributed by atoms with Crippen LogP contribution in [0, 0.1) is 5.82 Å². The second kappa shape index (κ2) is 4.16. The van der Waals surface area contributed by atoms with Crippen molar-refractivity contribution in [3.05, 3.63) is 47.9 Å². The molecule has 19 heavy (non-hydrogen) atoms. The molecular weight excluding hydrogens is 249 g/mol. The van der Waals surface area contributed by atoms with Gasteiger partial charge in [0.1, 0.15) is 17.0 Å². The molecule has 0 amide bonds. The van der Waals surface area contributed by atoms with Gasteiger partial charge in [0.15, 0.2) is 5.82 Å². The fraction of sp³-hybridized carbons (Fsp3) is 0. The van der Waals surface area contributed by atoms with Crippen molar-refractivity contribution in [2.75, 3.05) is 0 Å². The Morgan fingerprint density at radius 1 is 1.32 bits per heavy atom. The number of nitrogens with zero attached hydrogens (tertiary/aromatic N) is 2. The van der Waals surface area contributed by atoms with Gasteiger partial charge in [0.2, 0.25) is 0 Å². The summed E-state index contributed by atoms with van der Waals surface area (Å²) in [7, 11) is 0. The van der Waals surface area contributed by atoms with Gasteiger partial charge in [-0.3, -0.25) is 4.98 Å². The number of aromatic carboxylic acids is 1. The number of nitrogens with one attached hydrogen (secondary N) is 1. The number of carboxylic acid groups (broad SMARTS) is 1. The van der Waals surface area contributed by atoms with E-state index >= 15 is 0 Å². The predicted molar refractivity (Wildman–Crippen MR) is 66.2 cm³/mol. The molecule has 0 aliphatic heterocycles. The number of imidazole rings is 1. The van der Waals surface area contributed by atoms with Crippen LogP contribution in [0.1, 0.15) is 10.4 Å². The summed E-state index contributed by atoms with van der Waals surface area (Å²) < 4.78 is 13.3. The van der Waals surface area contributed by atoms with E-state index in [4.69, 9.17) is 5.11 Å². The Morgan fingerprint density at radius 2 is 2.16 bits per heavy atom. The van der Waals surface area contributed by atoms with E-state index in [0.717, 1.165) is 6.07 Å². The van der Waals surface area contributed by atoms with E-state index in [9.17, 15) is 9.18 Å². The van der Waals surface area contributed by atoms with Crippen LogP contribution in [-0.2, 0) is 0 Å². The first kappa shape index (κ1) is 11.3. The van der Waals surface area contributed by atoms with Crippen molar-refractivity contribution in [1.29, 1.82) is 0 Å². The third-order valence-electron chi connectivity index (χ3n) is 2.69. The highest BCUT2D eigenvalue weighted by Gasteiger charge is 2.15. The smallest absolute Gasteiger partial charge is 0.338 e. The quantitative estimate of drug-likeness (QED) is 0.739. The van der Waals surface area contributed by atoms with Gasteiger partial charge in [0, 0.05) is 6.20 Å². The summed E-state index contributed by atoms with van der Waals surface area (Å²) in [6.07, 6.45) is 1.60. The van der Waals surface area contributed by atoms with E-state index < -0.39 is 11.8 Å². The van der Waals surface area contributed by atoms with Crippen molar-refractivity contribution in [2.24, 2.45) is 0 Å². The van der Waals surface area contributed by atoms with Crippen LogP contribution < -0.4 is 0 Å². The summed E-state index contributed by atoms with van der Waals surface area (Å²) in [4.78, 5) is 22.2. The number of H-pyrrole nitrogens is 1. The molecule has 0 radical (unpaired) electrons. The third-order valence-corrected chi connectivity index (χ3v) is 2.69. The Hall–Kier alpha value is -2.76. The van der Waals surface area contributed by atoms with Gasteiger partial charge < -0.3 is 10.1 Å². The van der Waals surface area contributed by atoms with Crippen molar-refractivity contribution in [3.8, 4) is 11.5 Å². The average molecular weight is 257 g/mol. The first-order valence-electron chi connectivity index (χ1n) is 5.49. The molecule has 0 aliphatic carbocycles. The highest BCUT2D eigenvalue weighted by Crippen LogP contribution is 2.22. The minimum atomic E-state index is -1.22. The van der Waals surface area contributed by atoms with Crippen LogP contribution in [0.5, 0.6) is 0 Å². The van der Waals surface area contributed by atoms with Crippen LogP contribution in [-0.4, -0.2) is 26.0 Å². The molecule has 2 aromatic heterocycles. The first-order chi connectivity index (χ1) is 9.15. The molecule has 0 bridgehead atoms. The topological polar surface area (TPSA) is 78.9 Å². The molecule has 0 saturated carbocycles. The monoisotopic (exact) mass is 257 g/mol. The molecule has 0 aliphatic rings. The molecule has 0 saturated heterocycles. The zero-order valence-corrected chi connectivity index (χ0v) is 9.59. The minimum absolute atomic E-state index is 0.173. The number of carbonyl (C=O) groups is 1. The van der Waals surface area contributed by atoms with E-state index in [0.29, 0.717) is 17.0 Å². The third kappa shape index (κ3) is 1.93. The van der Waals surface area contributed by atoms with E-state index in [-0.39, 0.29) is 11.1 Å². The number of halogens is 1. The standard InChI is InChI=1S/C13H8FN3O2/c14-7-5-8(13(18)19)11-10(6-7)16-12(17-11)9-3-1-2-4-15-9/h1-6H,(H,16,17)(H,18,19). The number of hydrogen-bond acceptors (Lipinski definition) is 3. The molecule has 6 heteroatoms. The Balaban J connectivity index is 2.26. The largest absolute Gasteiger partial charge is 0.478 e. The van der Waals surface area contributed by atoms with Crippen LogP contribution in [0.2, 0.25) is 0 Å². The molecule has 0 spiro atoms. The number of rotatable bonds is 2. The van der Waals surface area contributed by atoms with E-state index in [2.05, 4.69) is 15.0 Å². The lowest BCUT2D eigenvalue weighted by atomic mass is 10.2. The lowest BCUT2D eigenvalue weighted by Crippen LogP contribution is -1.98. The summed E-state index contributed by atoms with van der Waals surface area (Å²) in [6, 6.07) is 7.44. The molecule has 94 valence electrons. The van der Waals surface area contributed by atoms with E-state index in [1.54, 1.807) is 24.4 Å². The van der Waals surface area contributed by atoms with Gasteiger partial charge in [-0.2, -0.15) is 0 Å². The summed E-state index contributed by atoms with van der Waals surface area (Å²) >= 11 is 0. The fourth-order valence-electron chi connectivity index (χ4n) is 1.87. The summed E-state index contributed by atoms with van der Waals surface area (Å²) in [6.45, 7) is 0. The summed E-state index contributed by atoms with van der Waals surface area (Å²) in [5, 5.41) is 9.05. The van der Waals surface area contributed by atoms with E-state index in [1.807, 2.05) is 0 Å². The van der Waals surface area contributed by atoms with Gasteiger partial charge >= 0.3 is 5.97 Å². The van der Waals surface area contributed by atoms with Gasteiger partial charge in [-0.05, 0) is 24.3 Å². The SMILES string of the molecule is O=C(O)c1cc(F)cc2[nH]c(-c3ccccn3)nc12. The highest BCUT2D eigenvalue weighted by atomic mass is 19.1.